The summed E-state index contributed by atoms with van der Waals surface area (Å²) in [5.74, 6) is -0.340. The Bertz CT molecular complexity index is 900. The first-order valence-corrected chi connectivity index (χ1v) is 24.8. The number of ether oxygens (including phenoxy) is 2. The molecule has 8 nitrogen and oxygen atoms in total. The second-order valence-corrected chi connectivity index (χ2v) is 17.1. The first-order chi connectivity index (χ1) is 26.9. The topological polar surface area (TPSA) is 117 Å². The highest BCUT2D eigenvalue weighted by Gasteiger charge is 2.25. The van der Waals surface area contributed by atoms with E-state index in [4.69, 9.17) is 24.3 Å². The summed E-state index contributed by atoms with van der Waals surface area (Å²) in [6.45, 7) is 4.93. The molecule has 0 fully saturated rings. The Morgan fingerprint density at radius 3 is 1.44 bits per heavy atom. The molecule has 0 aromatic rings. The van der Waals surface area contributed by atoms with Crippen LogP contribution in [0.25, 0.3) is 0 Å². The lowest BCUT2D eigenvalue weighted by atomic mass is 10.0. The molecule has 0 radical (unpaired) electrons. The summed E-state index contributed by atoms with van der Waals surface area (Å²) in [7, 11) is -4.28. The molecule has 0 aliphatic carbocycles. The number of hydrogen-bond donors (Lipinski definition) is 2. The highest BCUT2D eigenvalue weighted by Crippen LogP contribution is 2.43. The van der Waals surface area contributed by atoms with Crippen LogP contribution in [0.15, 0.2) is 24.3 Å². The van der Waals surface area contributed by atoms with Crippen LogP contribution in [-0.4, -0.2) is 49.9 Å². The minimum atomic E-state index is -4.28. The Kier molecular flexibility index (Phi) is 43.3. The standard InChI is InChI=1S/C46H90NO7P/c1-3-5-7-9-11-13-15-17-19-21-22-23-24-26-28-30-32-34-36-38-41-51-43-45(44-53-55(49,50)52-42-40-47)54-46(48)39-37-35-33-31-29-27-25-20-18-16-14-12-10-8-6-4-2/h14,16,20,25,45H,3-13,15,17-19,21-24,26-44,47H2,1-2H3,(H,49,50)/b16-14-,25-20-. The lowest BCUT2D eigenvalue weighted by Crippen LogP contribution is -2.28. The molecule has 2 atom stereocenters. The van der Waals surface area contributed by atoms with Crippen LogP contribution in [0.4, 0.5) is 0 Å². The maximum Gasteiger partial charge on any atom is 0.472 e. The first kappa shape index (κ1) is 54.0. The van der Waals surface area contributed by atoms with Crippen LogP contribution < -0.4 is 5.73 Å². The Morgan fingerprint density at radius 1 is 0.545 bits per heavy atom. The SMILES string of the molecule is CCCCCC/C=C\C/C=C\CCCCCCCC(=O)OC(COCCCCCCCCCCCCCCCCCCCCCC)COP(=O)(O)OCCN. The molecule has 2 unspecified atom stereocenters. The fraction of sp³-hybridized carbons (Fsp3) is 0.891. The van der Waals surface area contributed by atoms with Crippen molar-refractivity contribution in [1.29, 1.82) is 0 Å². The normalized spacial score (nSPS) is 13.6. The van der Waals surface area contributed by atoms with Gasteiger partial charge in [0.1, 0.15) is 6.10 Å². The molecule has 0 aromatic carbocycles. The predicted octanol–water partition coefficient (Wildman–Crippen LogP) is 14.0. The molecule has 9 heteroatoms. The molecule has 0 saturated heterocycles. The minimum Gasteiger partial charge on any atom is -0.457 e. The number of nitrogens with two attached hydrogens (primary N) is 1. The zero-order chi connectivity index (χ0) is 40.2. The molecule has 326 valence electrons. The number of phosphoric ester groups is 1. The summed E-state index contributed by atoms with van der Waals surface area (Å²) >= 11 is 0. The van der Waals surface area contributed by atoms with E-state index in [2.05, 4.69) is 38.2 Å². The van der Waals surface area contributed by atoms with Gasteiger partial charge in [0.25, 0.3) is 0 Å². The van der Waals surface area contributed by atoms with Crippen LogP contribution >= 0.6 is 7.82 Å². The van der Waals surface area contributed by atoms with E-state index >= 15 is 0 Å². The molecule has 3 N–H and O–H groups in total. The van der Waals surface area contributed by atoms with Crippen LogP contribution in [0.5, 0.6) is 0 Å². The molecule has 0 heterocycles. The number of esters is 1. The number of allylic oxidation sites excluding steroid dienone is 4. The van der Waals surface area contributed by atoms with E-state index in [0.717, 1.165) is 57.8 Å². The molecule has 0 aromatic heterocycles. The number of phosphoric acid groups is 1. The molecule has 55 heavy (non-hydrogen) atoms. The minimum absolute atomic E-state index is 0.0962. The third-order valence-electron chi connectivity index (χ3n) is 10.1. The van der Waals surface area contributed by atoms with Crippen molar-refractivity contribution in [2.24, 2.45) is 5.73 Å². The number of unbranched alkanes of at least 4 members (excludes halogenated alkanes) is 28. The number of rotatable bonds is 45. The van der Waals surface area contributed by atoms with Gasteiger partial charge in [-0.1, -0.05) is 199 Å². The second-order valence-electron chi connectivity index (χ2n) is 15.6. The summed E-state index contributed by atoms with van der Waals surface area (Å²) in [6, 6.07) is 0. The Labute approximate surface area is 340 Å². The van der Waals surface area contributed by atoms with Crippen LogP contribution in [-0.2, 0) is 27.9 Å². The van der Waals surface area contributed by atoms with Crippen molar-refractivity contribution in [2.75, 3.05) is 33.0 Å². The van der Waals surface area contributed by atoms with E-state index < -0.39 is 13.9 Å². The van der Waals surface area contributed by atoms with Crippen molar-refractivity contribution in [2.45, 2.75) is 232 Å². The van der Waals surface area contributed by atoms with Gasteiger partial charge < -0.3 is 20.1 Å². The summed E-state index contributed by atoms with van der Waals surface area (Å²) in [4.78, 5) is 22.5. The lowest BCUT2D eigenvalue weighted by Gasteiger charge is -2.20. The molecule has 0 aliphatic heterocycles. The van der Waals surface area contributed by atoms with Crippen LogP contribution in [0.1, 0.15) is 226 Å². The van der Waals surface area contributed by atoms with Crippen molar-refractivity contribution in [3.05, 3.63) is 24.3 Å². The van der Waals surface area contributed by atoms with Crippen molar-refractivity contribution in [3.63, 3.8) is 0 Å². The smallest absolute Gasteiger partial charge is 0.457 e. The third kappa shape index (κ3) is 43.9. The Morgan fingerprint density at radius 2 is 0.964 bits per heavy atom. The van der Waals surface area contributed by atoms with Crippen molar-refractivity contribution in [3.8, 4) is 0 Å². The molecule has 0 aliphatic rings. The molecule has 0 bridgehead atoms. The van der Waals surface area contributed by atoms with Gasteiger partial charge >= 0.3 is 13.8 Å². The largest absolute Gasteiger partial charge is 0.472 e. The number of carbonyl (C=O) groups is 1. The third-order valence-corrected chi connectivity index (χ3v) is 11.1. The molecular formula is C46H90NO7P. The Hall–Kier alpha value is -1.02. The zero-order valence-corrected chi connectivity index (χ0v) is 37.1. The van der Waals surface area contributed by atoms with E-state index in [1.807, 2.05) is 0 Å². The fourth-order valence-corrected chi connectivity index (χ4v) is 7.44. The van der Waals surface area contributed by atoms with E-state index in [9.17, 15) is 14.3 Å². The molecule has 0 spiro atoms. The van der Waals surface area contributed by atoms with E-state index in [0.29, 0.717) is 13.0 Å². The highest BCUT2D eigenvalue weighted by molar-refractivity contribution is 7.47. The van der Waals surface area contributed by atoms with Crippen molar-refractivity contribution in [1.82, 2.24) is 0 Å². The fourth-order valence-electron chi connectivity index (χ4n) is 6.68. The van der Waals surface area contributed by atoms with E-state index in [1.54, 1.807) is 0 Å². The molecule has 0 amide bonds. The molecule has 0 saturated carbocycles. The van der Waals surface area contributed by atoms with Gasteiger partial charge in [0.15, 0.2) is 0 Å². The van der Waals surface area contributed by atoms with Gasteiger partial charge in [-0.25, -0.2) is 4.57 Å². The summed E-state index contributed by atoms with van der Waals surface area (Å²) < 4.78 is 33.5. The van der Waals surface area contributed by atoms with Gasteiger partial charge in [0.2, 0.25) is 0 Å². The zero-order valence-electron chi connectivity index (χ0n) is 36.2. The van der Waals surface area contributed by atoms with Crippen molar-refractivity contribution >= 4 is 13.8 Å². The maximum absolute atomic E-state index is 12.6. The van der Waals surface area contributed by atoms with Gasteiger partial charge in [-0.05, 0) is 44.9 Å². The average Bonchev–Trinajstić information content (AvgIpc) is 3.17. The van der Waals surface area contributed by atoms with Gasteiger partial charge in [-0.15, -0.1) is 0 Å². The van der Waals surface area contributed by atoms with Crippen LogP contribution in [0, 0.1) is 0 Å². The molecular weight excluding hydrogens is 709 g/mol. The Balaban J connectivity index is 3.97. The second kappa shape index (κ2) is 44.1. The maximum atomic E-state index is 12.6. The predicted molar refractivity (Wildman–Crippen MR) is 233 cm³/mol. The van der Waals surface area contributed by atoms with Crippen LogP contribution in [0.2, 0.25) is 0 Å². The van der Waals surface area contributed by atoms with Gasteiger partial charge in [0.05, 0.1) is 19.8 Å². The summed E-state index contributed by atoms with van der Waals surface area (Å²) in [5.41, 5.74) is 5.38. The van der Waals surface area contributed by atoms with Gasteiger partial charge in [0, 0.05) is 19.6 Å². The van der Waals surface area contributed by atoms with E-state index in [-0.39, 0.29) is 32.3 Å². The first-order valence-electron chi connectivity index (χ1n) is 23.3. The summed E-state index contributed by atoms with van der Waals surface area (Å²) in [6.07, 6.45) is 49.1. The monoisotopic (exact) mass is 800 g/mol. The average molecular weight is 800 g/mol. The van der Waals surface area contributed by atoms with Crippen molar-refractivity contribution < 1.29 is 32.8 Å². The quantitative estimate of drug-likeness (QED) is 0.0271. The van der Waals surface area contributed by atoms with Crippen LogP contribution in [0.3, 0.4) is 0 Å². The van der Waals surface area contributed by atoms with Gasteiger partial charge in [-0.3, -0.25) is 13.8 Å². The number of carbonyl (C=O) groups excluding carboxylic acids is 1. The lowest BCUT2D eigenvalue weighted by molar-refractivity contribution is -0.154. The van der Waals surface area contributed by atoms with Gasteiger partial charge in [-0.2, -0.15) is 0 Å². The number of hydrogen-bond acceptors (Lipinski definition) is 7. The summed E-state index contributed by atoms with van der Waals surface area (Å²) in [5, 5.41) is 0. The van der Waals surface area contributed by atoms with E-state index in [1.165, 1.54) is 148 Å². The highest BCUT2D eigenvalue weighted by atomic mass is 31.2. The molecule has 0 rings (SSSR count).